The molecule has 1 aliphatic rings. The summed E-state index contributed by atoms with van der Waals surface area (Å²) in [6, 6.07) is 22.5. The molecule has 0 saturated carbocycles. The van der Waals surface area contributed by atoms with Crippen molar-refractivity contribution in [2.45, 2.75) is 13.0 Å². The average molecular weight is 465 g/mol. The molecule has 7 heteroatoms. The van der Waals surface area contributed by atoms with Crippen molar-refractivity contribution >= 4 is 16.6 Å². The lowest BCUT2D eigenvalue weighted by molar-refractivity contribution is 0.465. The number of fused-ring (bicyclic) bond motifs is 5. The van der Waals surface area contributed by atoms with Gasteiger partial charge in [0.15, 0.2) is 0 Å². The van der Waals surface area contributed by atoms with Gasteiger partial charge in [-0.2, -0.15) is 0 Å². The number of rotatable bonds is 2. The van der Waals surface area contributed by atoms with Crippen molar-refractivity contribution in [3.8, 4) is 22.7 Å². The Bertz CT molecular complexity index is 1760. The van der Waals surface area contributed by atoms with Gasteiger partial charge in [-0.15, -0.1) is 0 Å². The van der Waals surface area contributed by atoms with Gasteiger partial charge >= 0.3 is 5.69 Å². The Balaban J connectivity index is 1.88. The highest BCUT2D eigenvalue weighted by Crippen LogP contribution is 2.46. The smallest absolute Gasteiger partial charge is 0.331 e. The van der Waals surface area contributed by atoms with E-state index >= 15 is 0 Å². The van der Waals surface area contributed by atoms with Gasteiger partial charge in [0, 0.05) is 19.7 Å². The second-order valence-electron chi connectivity index (χ2n) is 9.02. The van der Waals surface area contributed by atoms with Crippen molar-refractivity contribution < 1.29 is 5.11 Å². The predicted octanol–water partition coefficient (Wildman–Crippen LogP) is 4.22. The molecule has 0 bridgehead atoms. The fraction of sp³-hybridized carbons (Fsp3) is 0.143. The minimum Gasteiger partial charge on any atom is -0.508 e. The van der Waals surface area contributed by atoms with E-state index in [-0.39, 0.29) is 11.3 Å². The summed E-state index contributed by atoms with van der Waals surface area (Å²) >= 11 is 0. The fourth-order valence-corrected chi connectivity index (χ4v) is 5.17. The lowest BCUT2D eigenvalue weighted by atomic mass is 9.98. The molecule has 0 amide bonds. The minimum absolute atomic E-state index is 0.135. The van der Waals surface area contributed by atoms with E-state index in [4.69, 9.17) is 0 Å². The van der Waals surface area contributed by atoms with Crippen molar-refractivity contribution in [1.82, 2.24) is 13.7 Å². The molecule has 1 atom stereocenters. The van der Waals surface area contributed by atoms with Crippen LogP contribution in [-0.4, -0.2) is 18.8 Å². The summed E-state index contributed by atoms with van der Waals surface area (Å²) in [6.45, 7) is 2.02. The highest BCUT2D eigenvalue weighted by Gasteiger charge is 2.35. The van der Waals surface area contributed by atoms with E-state index in [9.17, 15) is 14.7 Å². The molecule has 3 heterocycles. The van der Waals surface area contributed by atoms with Crippen LogP contribution >= 0.6 is 0 Å². The number of nitrogens with one attached hydrogen (secondary N) is 1. The van der Waals surface area contributed by atoms with Gasteiger partial charge in [-0.25, -0.2) is 4.79 Å². The molecule has 2 aromatic heterocycles. The summed E-state index contributed by atoms with van der Waals surface area (Å²) in [7, 11) is 3.19. The summed E-state index contributed by atoms with van der Waals surface area (Å²) < 4.78 is 4.75. The third kappa shape index (κ3) is 2.91. The summed E-state index contributed by atoms with van der Waals surface area (Å²) in [5.41, 5.74) is 5.62. The lowest BCUT2D eigenvalue weighted by Crippen LogP contribution is -2.37. The summed E-state index contributed by atoms with van der Waals surface area (Å²) in [5, 5.41) is 14.8. The standard InChI is InChI=1S/C28H24N4O3/c1-16-12-14-17(15-13-16)24-22-25(30(2)28(35)31(3)27(22)34)26-23(18-8-4-7-11-21(18)33)29-19-9-5-6-10-20(19)32(24)26/h4-15,23,29,33H,1-3H3. The second kappa shape index (κ2) is 7.50. The number of aromatic nitrogens is 3. The molecular weight excluding hydrogens is 440 g/mol. The number of hydrogen-bond donors (Lipinski definition) is 2. The topological polar surface area (TPSA) is 81.2 Å². The quantitative estimate of drug-likeness (QED) is 0.410. The van der Waals surface area contributed by atoms with Crippen LogP contribution in [-0.2, 0) is 14.1 Å². The molecule has 3 aromatic carbocycles. The van der Waals surface area contributed by atoms with Crippen LogP contribution in [0.25, 0.3) is 27.8 Å². The number of hydrogen-bond acceptors (Lipinski definition) is 4. The number of phenolic OH excluding ortho intramolecular Hbond substituents is 1. The largest absolute Gasteiger partial charge is 0.508 e. The first kappa shape index (κ1) is 21.0. The van der Waals surface area contributed by atoms with Gasteiger partial charge in [0.2, 0.25) is 0 Å². The van der Waals surface area contributed by atoms with Crippen LogP contribution in [0.1, 0.15) is 22.9 Å². The first-order valence-corrected chi connectivity index (χ1v) is 11.4. The van der Waals surface area contributed by atoms with Crippen molar-refractivity contribution in [2.24, 2.45) is 14.1 Å². The van der Waals surface area contributed by atoms with E-state index in [2.05, 4.69) is 9.88 Å². The van der Waals surface area contributed by atoms with Gasteiger partial charge in [0.25, 0.3) is 5.56 Å². The second-order valence-corrected chi connectivity index (χ2v) is 9.02. The van der Waals surface area contributed by atoms with Crippen LogP contribution in [0.15, 0.2) is 82.4 Å². The predicted molar refractivity (Wildman–Crippen MR) is 138 cm³/mol. The molecule has 6 rings (SSSR count). The molecule has 0 saturated heterocycles. The zero-order valence-corrected chi connectivity index (χ0v) is 19.6. The van der Waals surface area contributed by atoms with Crippen LogP contribution in [0.4, 0.5) is 5.69 Å². The third-order valence-electron chi connectivity index (χ3n) is 6.90. The molecule has 1 unspecified atom stereocenters. The van der Waals surface area contributed by atoms with Crippen LogP contribution in [0.2, 0.25) is 0 Å². The number of anilines is 1. The van der Waals surface area contributed by atoms with E-state index < -0.39 is 11.7 Å². The maximum absolute atomic E-state index is 13.7. The number of phenols is 1. The Hall–Kier alpha value is -4.52. The van der Waals surface area contributed by atoms with Crippen LogP contribution in [0.5, 0.6) is 5.75 Å². The molecule has 0 radical (unpaired) electrons. The van der Waals surface area contributed by atoms with Gasteiger partial charge < -0.3 is 15.0 Å². The maximum Gasteiger partial charge on any atom is 0.331 e. The monoisotopic (exact) mass is 464 g/mol. The van der Waals surface area contributed by atoms with Crippen molar-refractivity contribution in [2.75, 3.05) is 5.32 Å². The first-order chi connectivity index (χ1) is 16.9. The zero-order valence-electron chi connectivity index (χ0n) is 19.6. The Morgan fingerprint density at radius 3 is 2.29 bits per heavy atom. The van der Waals surface area contributed by atoms with E-state index in [0.717, 1.165) is 38.5 Å². The highest BCUT2D eigenvalue weighted by atomic mass is 16.3. The van der Waals surface area contributed by atoms with Crippen molar-refractivity contribution in [1.29, 1.82) is 0 Å². The van der Waals surface area contributed by atoms with E-state index in [1.165, 1.54) is 11.6 Å². The van der Waals surface area contributed by atoms with Crippen molar-refractivity contribution in [3.63, 3.8) is 0 Å². The van der Waals surface area contributed by atoms with Crippen LogP contribution < -0.4 is 16.6 Å². The van der Waals surface area contributed by atoms with Gasteiger partial charge in [0.1, 0.15) is 5.75 Å². The molecule has 1 aliphatic heterocycles. The van der Waals surface area contributed by atoms with Crippen molar-refractivity contribution in [3.05, 3.63) is 110 Å². The number of benzene rings is 3. The van der Waals surface area contributed by atoms with Gasteiger partial charge in [-0.1, -0.05) is 60.2 Å². The number of para-hydroxylation sites is 3. The number of aromatic hydroxyl groups is 1. The zero-order chi connectivity index (χ0) is 24.4. The summed E-state index contributed by atoms with van der Waals surface area (Å²) in [4.78, 5) is 26.8. The molecule has 5 aromatic rings. The lowest BCUT2D eigenvalue weighted by Gasteiger charge is -2.31. The summed E-state index contributed by atoms with van der Waals surface area (Å²) in [6.07, 6.45) is 0. The fourth-order valence-electron chi connectivity index (χ4n) is 5.17. The minimum atomic E-state index is -0.495. The Morgan fingerprint density at radius 1 is 0.857 bits per heavy atom. The molecule has 0 spiro atoms. The van der Waals surface area contributed by atoms with Gasteiger partial charge in [-0.3, -0.25) is 13.9 Å². The van der Waals surface area contributed by atoms with Crippen LogP contribution in [0.3, 0.4) is 0 Å². The molecule has 7 nitrogen and oxygen atoms in total. The third-order valence-corrected chi connectivity index (χ3v) is 6.90. The molecule has 2 N–H and O–H groups in total. The number of nitrogens with zero attached hydrogens (tertiary/aromatic N) is 3. The maximum atomic E-state index is 13.7. The Labute approximate surface area is 201 Å². The van der Waals surface area contributed by atoms with E-state index in [1.54, 1.807) is 19.2 Å². The molecule has 35 heavy (non-hydrogen) atoms. The normalized spacial score (nSPS) is 14.4. The summed E-state index contributed by atoms with van der Waals surface area (Å²) in [5.74, 6) is 0.135. The van der Waals surface area contributed by atoms with Gasteiger partial charge in [-0.05, 0) is 30.7 Å². The Morgan fingerprint density at radius 2 is 1.54 bits per heavy atom. The van der Waals surface area contributed by atoms with E-state index in [0.29, 0.717) is 16.5 Å². The van der Waals surface area contributed by atoms with Crippen LogP contribution in [0, 0.1) is 6.92 Å². The van der Waals surface area contributed by atoms with E-state index in [1.807, 2.05) is 67.6 Å². The molecule has 174 valence electrons. The van der Waals surface area contributed by atoms with Gasteiger partial charge in [0.05, 0.1) is 39.7 Å². The highest BCUT2D eigenvalue weighted by molar-refractivity contribution is 5.99. The Kier molecular flexibility index (Phi) is 4.51. The number of aryl methyl sites for hydroxylation is 2. The average Bonchev–Trinajstić information content (AvgIpc) is 3.23. The molecule has 0 fully saturated rings. The molecule has 0 aliphatic carbocycles. The first-order valence-electron chi connectivity index (χ1n) is 11.4. The SMILES string of the molecule is Cc1ccc(-c2c3c(=O)n(C)c(=O)n(C)c3c3n2-c2ccccc2NC3c2ccccc2O)cc1. The molecular formula is C28H24N4O3.